The molecule has 1 fully saturated rings. The van der Waals surface area contributed by atoms with Crippen molar-refractivity contribution in [1.82, 2.24) is 29.9 Å². The summed E-state index contributed by atoms with van der Waals surface area (Å²) in [5.74, 6) is 2.79. The van der Waals surface area contributed by atoms with Crippen LogP contribution in [0.2, 0.25) is 0 Å². The fraction of sp³-hybridized carbons (Fsp3) is 0.591. The van der Waals surface area contributed by atoms with Gasteiger partial charge in [0.25, 0.3) is 0 Å². The van der Waals surface area contributed by atoms with E-state index in [9.17, 15) is 0 Å². The summed E-state index contributed by atoms with van der Waals surface area (Å²) in [6.45, 7) is 9.49. The van der Waals surface area contributed by atoms with Gasteiger partial charge in [0.05, 0.1) is 14.2 Å². The molecule has 1 aromatic carbocycles. The third-order valence-corrected chi connectivity index (χ3v) is 5.44. The summed E-state index contributed by atoms with van der Waals surface area (Å²) in [5, 5.41) is 11.1. The molecule has 0 atom stereocenters. The Balaban J connectivity index is 1.48. The number of ether oxygens (including phenoxy) is 2. The maximum absolute atomic E-state index is 5.54. The Bertz CT molecular complexity index is 802. The number of rotatable bonds is 10. The van der Waals surface area contributed by atoms with E-state index in [2.05, 4.69) is 38.3 Å². The number of benzene rings is 1. The minimum Gasteiger partial charge on any atom is -0.497 e. The SMILES string of the molecule is CCNC(=NCCCCn1cnnc1)N1CCN(Cc2cc(OC)ccc2OC)CC1. The van der Waals surface area contributed by atoms with Gasteiger partial charge in [-0.3, -0.25) is 9.89 Å². The van der Waals surface area contributed by atoms with Crippen LogP contribution in [0.25, 0.3) is 0 Å². The normalized spacial score (nSPS) is 15.2. The number of piperazine rings is 1. The van der Waals surface area contributed by atoms with E-state index >= 15 is 0 Å². The predicted molar refractivity (Wildman–Crippen MR) is 122 cm³/mol. The Morgan fingerprint density at radius 2 is 1.84 bits per heavy atom. The van der Waals surface area contributed by atoms with E-state index in [1.165, 1.54) is 0 Å². The molecule has 0 bridgehead atoms. The number of hydrogen-bond acceptors (Lipinski definition) is 6. The van der Waals surface area contributed by atoms with Gasteiger partial charge in [-0.15, -0.1) is 10.2 Å². The minimum atomic E-state index is 0.825. The number of aliphatic imine (C=N–C) groups is 1. The molecule has 9 nitrogen and oxygen atoms in total. The average molecular weight is 430 g/mol. The Morgan fingerprint density at radius 1 is 1.06 bits per heavy atom. The first-order valence-electron chi connectivity index (χ1n) is 11.0. The number of unbranched alkanes of at least 4 members (excludes halogenated alkanes) is 1. The third kappa shape index (κ3) is 6.85. The number of aryl methyl sites for hydroxylation is 1. The predicted octanol–water partition coefficient (Wildman–Crippen LogP) is 1.86. The van der Waals surface area contributed by atoms with Crippen LogP contribution in [0.15, 0.2) is 35.8 Å². The van der Waals surface area contributed by atoms with Gasteiger partial charge in [0.2, 0.25) is 0 Å². The van der Waals surface area contributed by atoms with E-state index in [4.69, 9.17) is 14.5 Å². The molecule has 2 aromatic rings. The van der Waals surface area contributed by atoms with Crippen LogP contribution in [0.4, 0.5) is 0 Å². The number of hydrogen-bond donors (Lipinski definition) is 1. The highest BCUT2D eigenvalue weighted by atomic mass is 16.5. The van der Waals surface area contributed by atoms with Crippen molar-refractivity contribution < 1.29 is 9.47 Å². The molecule has 9 heteroatoms. The monoisotopic (exact) mass is 429 g/mol. The number of nitrogens with zero attached hydrogens (tertiary/aromatic N) is 6. The smallest absolute Gasteiger partial charge is 0.194 e. The van der Waals surface area contributed by atoms with Gasteiger partial charge in [-0.2, -0.15) is 0 Å². The fourth-order valence-electron chi connectivity index (χ4n) is 3.72. The van der Waals surface area contributed by atoms with E-state index in [0.29, 0.717) is 0 Å². The Labute approximate surface area is 185 Å². The second kappa shape index (κ2) is 12.1. The number of aromatic nitrogens is 3. The van der Waals surface area contributed by atoms with Crippen molar-refractivity contribution in [3.8, 4) is 11.5 Å². The maximum Gasteiger partial charge on any atom is 0.194 e. The van der Waals surface area contributed by atoms with E-state index in [-0.39, 0.29) is 0 Å². The van der Waals surface area contributed by atoms with Gasteiger partial charge < -0.3 is 24.3 Å². The van der Waals surface area contributed by atoms with Gasteiger partial charge >= 0.3 is 0 Å². The molecule has 1 aliphatic heterocycles. The number of methoxy groups -OCH3 is 2. The fourth-order valence-corrected chi connectivity index (χ4v) is 3.72. The summed E-state index contributed by atoms with van der Waals surface area (Å²) in [6, 6.07) is 5.98. The molecule has 3 rings (SSSR count). The quantitative estimate of drug-likeness (QED) is 0.351. The summed E-state index contributed by atoms with van der Waals surface area (Å²) in [5.41, 5.74) is 1.16. The highest BCUT2D eigenvalue weighted by Crippen LogP contribution is 2.25. The molecule has 1 aliphatic rings. The first-order chi connectivity index (χ1) is 15.2. The standard InChI is InChI=1S/C22H35N7O2/c1-4-23-22(24-9-5-6-10-28-17-25-26-18-28)29-13-11-27(12-14-29)16-19-15-20(30-2)7-8-21(19)31-3/h7-8,15,17-18H,4-6,9-14,16H2,1-3H3,(H,23,24). The van der Waals surface area contributed by atoms with Crippen LogP contribution in [-0.4, -0.2) is 84.0 Å². The van der Waals surface area contributed by atoms with E-state index in [1.807, 2.05) is 16.7 Å². The molecule has 0 radical (unpaired) electrons. The summed E-state index contributed by atoms with van der Waals surface area (Å²) in [7, 11) is 3.41. The molecule has 170 valence electrons. The topological polar surface area (TPSA) is 80.0 Å². The molecule has 2 heterocycles. The second-order valence-corrected chi connectivity index (χ2v) is 7.58. The zero-order valence-corrected chi connectivity index (χ0v) is 19.0. The first-order valence-corrected chi connectivity index (χ1v) is 11.0. The Morgan fingerprint density at radius 3 is 2.52 bits per heavy atom. The van der Waals surface area contributed by atoms with Crippen LogP contribution >= 0.6 is 0 Å². The largest absolute Gasteiger partial charge is 0.497 e. The lowest BCUT2D eigenvalue weighted by Crippen LogP contribution is -2.52. The minimum absolute atomic E-state index is 0.825. The van der Waals surface area contributed by atoms with Gasteiger partial charge in [0.15, 0.2) is 5.96 Å². The van der Waals surface area contributed by atoms with Crippen molar-refractivity contribution in [2.24, 2.45) is 4.99 Å². The molecule has 1 saturated heterocycles. The van der Waals surface area contributed by atoms with Gasteiger partial charge in [0.1, 0.15) is 24.2 Å². The average Bonchev–Trinajstić information content (AvgIpc) is 3.32. The summed E-state index contributed by atoms with van der Waals surface area (Å²) in [4.78, 5) is 9.67. The second-order valence-electron chi connectivity index (χ2n) is 7.58. The lowest BCUT2D eigenvalue weighted by atomic mass is 10.1. The third-order valence-electron chi connectivity index (χ3n) is 5.44. The van der Waals surface area contributed by atoms with Crippen molar-refractivity contribution in [1.29, 1.82) is 0 Å². The van der Waals surface area contributed by atoms with Crippen LogP contribution in [0.3, 0.4) is 0 Å². The van der Waals surface area contributed by atoms with Crippen LogP contribution < -0.4 is 14.8 Å². The molecule has 1 aromatic heterocycles. The highest BCUT2D eigenvalue weighted by Gasteiger charge is 2.20. The molecule has 0 spiro atoms. The molecule has 0 aliphatic carbocycles. The molecule has 1 N–H and O–H groups in total. The van der Waals surface area contributed by atoms with Crippen LogP contribution in [0.1, 0.15) is 25.3 Å². The van der Waals surface area contributed by atoms with Crippen molar-refractivity contribution >= 4 is 5.96 Å². The summed E-state index contributed by atoms with van der Waals surface area (Å²) in [6.07, 6.45) is 5.63. The molecular weight excluding hydrogens is 394 g/mol. The summed E-state index contributed by atoms with van der Waals surface area (Å²) >= 11 is 0. The zero-order chi connectivity index (χ0) is 21.9. The van der Waals surface area contributed by atoms with E-state index in [0.717, 1.165) is 88.2 Å². The van der Waals surface area contributed by atoms with Crippen molar-refractivity contribution in [3.05, 3.63) is 36.4 Å². The molecule has 0 unspecified atom stereocenters. The van der Waals surface area contributed by atoms with Crippen molar-refractivity contribution in [2.45, 2.75) is 32.9 Å². The Hall–Kier alpha value is -2.81. The zero-order valence-electron chi connectivity index (χ0n) is 19.0. The van der Waals surface area contributed by atoms with E-state index in [1.54, 1.807) is 26.9 Å². The number of guanidine groups is 1. The molecular formula is C22H35N7O2. The van der Waals surface area contributed by atoms with Crippen molar-refractivity contribution in [2.75, 3.05) is 53.5 Å². The van der Waals surface area contributed by atoms with Crippen LogP contribution in [0, 0.1) is 0 Å². The molecule has 0 saturated carbocycles. The van der Waals surface area contributed by atoms with Gasteiger partial charge in [-0.25, -0.2) is 0 Å². The highest BCUT2D eigenvalue weighted by molar-refractivity contribution is 5.80. The van der Waals surface area contributed by atoms with E-state index < -0.39 is 0 Å². The number of nitrogens with one attached hydrogen (secondary N) is 1. The first kappa shape index (κ1) is 22.9. The van der Waals surface area contributed by atoms with Crippen molar-refractivity contribution in [3.63, 3.8) is 0 Å². The van der Waals surface area contributed by atoms with Crippen LogP contribution in [0.5, 0.6) is 11.5 Å². The molecule has 31 heavy (non-hydrogen) atoms. The van der Waals surface area contributed by atoms with Gasteiger partial charge in [-0.05, 0) is 38.0 Å². The lowest BCUT2D eigenvalue weighted by molar-refractivity contribution is 0.171. The lowest BCUT2D eigenvalue weighted by Gasteiger charge is -2.36. The van der Waals surface area contributed by atoms with Gasteiger partial charge in [0, 0.05) is 57.9 Å². The summed E-state index contributed by atoms with van der Waals surface area (Å²) < 4.78 is 12.9. The Kier molecular flexibility index (Phi) is 8.96. The molecule has 0 amide bonds. The maximum atomic E-state index is 5.54. The van der Waals surface area contributed by atoms with Gasteiger partial charge in [-0.1, -0.05) is 0 Å². The van der Waals surface area contributed by atoms with Crippen LogP contribution in [-0.2, 0) is 13.1 Å².